The van der Waals surface area contributed by atoms with Crippen LogP contribution < -0.4 is 5.32 Å². The molecule has 0 aromatic heterocycles. The van der Waals surface area contributed by atoms with E-state index in [9.17, 15) is 17.2 Å². The van der Waals surface area contributed by atoms with Crippen LogP contribution in [0.2, 0.25) is 0 Å². The van der Waals surface area contributed by atoms with E-state index in [0.29, 0.717) is 4.47 Å². The van der Waals surface area contributed by atoms with Gasteiger partial charge in [-0.3, -0.25) is 0 Å². The van der Waals surface area contributed by atoms with Crippen LogP contribution in [0.15, 0.2) is 16.6 Å². The number of halogens is 3. The van der Waals surface area contributed by atoms with E-state index in [1.807, 2.05) is 0 Å². The molecule has 0 amide bonds. The zero-order chi connectivity index (χ0) is 13.9. The van der Waals surface area contributed by atoms with E-state index in [0.717, 1.165) is 18.4 Å². The molecular formula is C11H14BrF2NO2S. The van der Waals surface area contributed by atoms with E-state index in [4.69, 9.17) is 0 Å². The summed E-state index contributed by atoms with van der Waals surface area (Å²) in [6.07, 6.45) is 1.21. The number of benzene rings is 1. The van der Waals surface area contributed by atoms with Gasteiger partial charge in [0.25, 0.3) is 0 Å². The summed E-state index contributed by atoms with van der Waals surface area (Å²) in [5, 5.41) is 2.73. The predicted molar refractivity (Wildman–Crippen MR) is 70.2 cm³/mol. The van der Waals surface area contributed by atoms with E-state index < -0.39 is 27.5 Å². The van der Waals surface area contributed by atoms with Crippen molar-refractivity contribution in [3.63, 3.8) is 0 Å². The third-order valence-corrected chi connectivity index (χ3v) is 3.95. The maximum atomic E-state index is 13.7. The van der Waals surface area contributed by atoms with Crippen LogP contribution in [0, 0.1) is 11.6 Å². The van der Waals surface area contributed by atoms with Crippen molar-refractivity contribution in [3.8, 4) is 0 Å². The molecule has 3 nitrogen and oxygen atoms in total. The van der Waals surface area contributed by atoms with Gasteiger partial charge in [0.2, 0.25) is 0 Å². The van der Waals surface area contributed by atoms with Crippen LogP contribution in [0.3, 0.4) is 0 Å². The van der Waals surface area contributed by atoms with E-state index in [-0.39, 0.29) is 17.7 Å². The van der Waals surface area contributed by atoms with Crippen LogP contribution in [-0.4, -0.2) is 27.5 Å². The Hall–Kier alpha value is -0.530. The predicted octanol–water partition coefficient (Wildman–Crippen LogP) is 2.42. The van der Waals surface area contributed by atoms with Gasteiger partial charge in [0.15, 0.2) is 0 Å². The van der Waals surface area contributed by atoms with Gasteiger partial charge in [0, 0.05) is 22.3 Å². The summed E-state index contributed by atoms with van der Waals surface area (Å²) in [7, 11) is -1.63. The van der Waals surface area contributed by atoms with Crippen molar-refractivity contribution < 1.29 is 17.2 Å². The maximum absolute atomic E-state index is 13.7. The molecule has 18 heavy (non-hydrogen) atoms. The SMILES string of the molecule is CNC(CCS(C)(=O)=O)c1c(F)cc(Br)cc1F. The minimum Gasteiger partial charge on any atom is -0.313 e. The molecule has 7 heteroatoms. The van der Waals surface area contributed by atoms with Gasteiger partial charge in [-0.2, -0.15) is 0 Å². The molecule has 102 valence electrons. The summed E-state index contributed by atoms with van der Waals surface area (Å²) in [5.74, 6) is -1.53. The lowest BCUT2D eigenvalue weighted by molar-refractivity contribution is 0.480. The van der Waals surface area contributed by atoms with Crippen LogP contribution in [0.5, 0.6) is 0 Å². The van der Waals surface area contributed by atoms with E-state index >= 15 is 0 Å². The molecule has 0 aliphatic rings. The third kappa shape index (κ3) is 4.29. The highest BCUT2D eigenvalue weighted by molar-refractivity contribution is 9.10. The highest BCUT2D eigenvalue weighted by Gasteiger charge is 2.20. The van der Waals surface area contributed by atoms with Gasteiger partial charge in [0.1, 0.15) is 21.5 Å². The molecule has 0 aliphatic heterocycles. The summed E-state index contributed by atoms with van der Waals surface area (Å²) < 4.78 is 49.9. The molecule has 1 unspecified atom stereocenters. The van der Waals surface area contributed by atoms with E-state index in [1.165, 1.54) is 7.05 Å². The van der Waals surface area contributed by atoms with Gasteiger partial charge in [-0.1, -0.05) is 15.9 Å². The Morgan fingerprint density at radius 3 is 2.22 bits per heavy atom. The van der Waals surface area contributed by atoms with Crippen molar-refractivity contribution in [2.45, 2.75) is 12.5 Å². The van der Waals surface area contributed by atoms with Gasteiger partial charge < -0.3 is 5.32 Å². The van der Waals surface area contributed by atoms with Crippen LogP contribution in [0.25, 0.3) is 0 Å². The second kappa shape index (κ2) is 6.08. The lowest BCUT2D eigenvalue weighted by atomic mass is 10.0. The van der Waals surface area contributed by atoms with E-state index in [2.05, 4.69) is 21.2 Å². The van der Waals surface area contributed by atoms with Crippen LogP contribution >= 0.6 is 15.9 Å². The first kappa shape index (κ1) is 15.5. The Morgan fingerprint density at radius 2 is 1.83 bits per heavy atom. The molecule has 0 fully saturated rings. The van der Waals surface area contributed by atoms with Crippen molar-refractivity contribution in [3.05, 3.63) is 33.8 Å². The fraction of sp³-hybridized carbons (Fsp3) is 0.455. The maximum Gasteiger partial charge on any atom is 0.147 e. The molecule has 1 rings (SSSR count). The molecule has 0 heterocycles. The van der Waals surface area contributed by atoms with Gasteiger partial charge in [0.05, 0.1) is 5.75 Å². The largest absolute Gasteiger partial charge is 0.313 e. The number of nitrogens with one attached hydrogen (secondary N) is 1. The lowest BCUT2D eigenvalue weighted by Gasteiger charge is -2.17. The van der Waals surface area contributed by atoms with Gasteiger partial charge >= 0.3 is 0 Å². The smallest absolute Gasteiger partial charge is 0.147 e. The number of sulfone groups is 1. The first-order valence-corrected chi connectivity index (χ1v) is 8.09. The molecule has 1 atom stereocenters. The van der Waals surface area contributed by atoms with Gasteiger partial charge in [-0.15, -0.1) is 0 Å². The Labute approximate surface area is 114 Å². The highest BCUT2D eigenvalue weighted by Crippen LogP contribution is 2.26. The molecule has 0 saturated carbocycles. The molecule has 0 radical (unpaired) electrons. The second-order valence-corrected chi connectivity index (χ2v) is 7.22. The molecular weight excluding hydrogens is 328 g/mol. The first-order chi connectivity index (χ1) is 8.24. The standard InChI is InChI=1S/C11H14BrF2NO2S/c1-15-10(3-4-18(2,16)17)11-8(13)5-7(12)6-9(11)14/h5-6,10,15H,3-4H2,1-2H3. The summed E-state index contributed by atoms with van der Waals surface area (Å²) in [6.45, 7) is 0. The summed E-state index contributed by atoms with van der Waals surface area (Å²) in [5.41, 5.74) is -0.135. The van der Waals surface area contributed by atoms with Crippen LogP contribution in [0.4, 0.5) is 8.78 Å². The van der Waals surface area contributed by atoms with Crippen molar-refractivity contribution in [1.29, 1.82) is 0 Å². The van der Waals surface area contributed by atoms with Gasteiger partial charge in [-0.05, 0) is 25.6 Å². The second-order valence-electron chi connectivity index (χ2n) is 4.04. The fourth-order valence-corrected chi connectivity index (χ4v) is 2.72. The van der Waals surface area contributed by atoms with Crippen molar-refractivity contribution in [1.82, 2.24) is 5.32 Å². The lowest BCUT2D eigenvalue weighted by Crippen LogP contribution is -2.22. The third-order valence-electron chi connectivity index (χ3n) is 2.52. The highest BCUT2D eigenvalue weighted by atomic mass is 79.9. The molecule has 0 bridgehead atoms. The van der Waals surface area contributed by atoms with Crippen LogP contribution in [-0.2, 0) is 9.84 Å². The van der Waals surface area contributed by atoms with Crippen molar-refractivity contribution in [2.75, 3.05) is 19.1 Å². The first-order valence-electron chi connectivity index (χ1n) is 5.24. The Balaban J connectivity index is 3.02. The molecule has 1 N–H and O–H groups in total. The normalized spacial score (nSPS) is 13.6. The minimum atomic E-state index is -3.17. The quantitative estimate of drug-likeness (QED) is 0.894. The van der Waals surface area contributed by atoms with Crippen molar-refractivity contribution in [2.24, 2.45) is 0 Å². The van der Waals surface area contributed by atoms with Gasteiger partial charge in [-0.25, -0.2) is 17.2 Å². The molecule has 1 aromatic rings. The minimum absolute atomic E-state index is 0.116. The number of rotatable bonds is 5. The van der Waals surface area contributed by atoms with Crippen molar-refractivity contribution >= 4 is 25.8 Å². The average Bonchev–Trinajstić information content (AvgIpc) is 2.20. The molecule has 0 saturated heterocycles. The summed E-state index contributed by atoms with van der Waals surface area (Å²) >= 11 is 2.99. The monoisotopic (exact) mass is 341 g/mol. The average molecular weight is 342 g/mol. The zero-order valence-electron chi connectivity index (χ0n) is 10.0. The molecule has 0 spiro atoms. The Morgan fingerprint density at radius 1 is 1.33 bits per heavy atom. The summed E-state index contributed by atoms with van der Waals surface area (Å²) in [6, 6.07) is 1.64. The summed E-state index contributed by atoms with van der Waals surface area (Å²) in [4.78, 5) is 0. The number of hydrogen-bond donors (Lipinski definition) is 1. The topological polar surface area (TPSA) is 46.2 Å². The van der Waals surface area contributed by atoms with Crippen LogP contribution in [0.1, 0.15) is 18.0 Å². The van der Waals surface area contributed by atoms with E-state index in [1.54, 1.807) is 0 Å². The Kier molecular flexibility index (Phi) is 5.24. The number of hydrogen-bond acceptors (Lipinski definition) is 3. The molecule has 0 aliphatic carbocycles. The Bertz CT molecular complexity index is 511. The zero-order valence-corrected chi connectivity index (χ0v) is 12.4. The molecule has 1 aromatic carbocycles. The fourth-order valence-electron chi connectivity index (χ4n) is 1.65.